The summed E-state index contributed by atoms with van der Waals surface area (Å²) in [5.74, 6) is 0. The molecule has 1 heterocycles. The Labute approximate surface area is 121 Å². The highest BCUT2D eigenvalue weighted by Crippen LogP contribution is 2.59. The maximum Gasteiger partial charge on any atom is 0.0487 e. The SMILES string of the molecule is CN1c2c(ccc3ccccc23)C2(C)CCCCC12C. The summed E-state index contributed by atoms with van der Waals surface area (Å²) in [6, 6.07) is 13.5. The first-order chi connectivity index (χ1) is 9.58. The first-order valence-corrected chi connectivity index (χ1v) is 7.84. The van der Waals surface area contributed by atoms with Crippen molar-refractivity contribution in [2.75, 3.05) is 11.9 Å². The lowest BCUT2D eigenvalue weighted by Gasteiger charge is -2.49. The molecule has 0 amide bonds. The Morgan fingerprint density at radius 1 is 0.950 bits per heavy atom. The van der Waals surface area contributed by atoms with Gasteiger partial charge in [0.2, 0.25) is 0 Å². The van der Waals surface area contributed by atoms with Gasteiger partial charge in [0.1, 0.15) is 0 Å². The summed E-state index contributed by atoms with van der Waals surface area (Å²) in [6.07, 6.45) is 5.36. The zero-order valence-corrected chi connectivity index (χ0v) is 12.7. The lowest BCUT2D eigenvalue weighted by molar-refractivity contribution is 0.190. The molecule has 20 heavy (non-hydrogen) atoms. The number of benzene rings is 2. The molecule has 0 spiro atoms. The summed E-state index contributed by atoms with van der Waals surface area (Å²) in [6.45, 7) is 4.96. The van der Waals surface area contributed by atoms with Crippen LogP contribution in [-0.2, 0) is 5.41 Å². The van der Waals surface area contributed by atoms with E-state index in [1.54, 1.807) is 5.56 Å². The van der Waals surface area contributed by atoms with E-state index in [9.17, 15) is 0 Å². The van der Waals surface area contributed by atoms with Crippen molar-refractivity contribution in [1.29, 1.82) is 0 Å². The van der Waals surface area contributed by atoms with E-state index < -0.39 is 0 Å². The Morgan fingerprint density at radius 3 is 2.55 bits per heavy atom. The van der Waals surface area contributed by atoms with E-state index in [2.05, 4.69) is 62.2 Å². The average molecular weight is 265 g/mol. The second-order valence-corrected chi connectivity index (χ2v) is 7.05. The highest BCUT2D eigenvalue weighted by molar-refractivity contribution is 5.98. The van der Waals surface area contributed by atoms with Gasteiger partial charge in [-0.3, -0.25) is 0 Å². The number of hydrogen-bond acceptors (Lipinski definition) is 1. The Bertz CT molecular complexity index is 689. The average Bonchev–Trinajstić information content (AvgIpc) is 2.65. The molecule has 104 valence electrons. The second-order valence-electron chi connectivity index (χ2n) is 7.05. The summed E-state index contributed by atoms with van der Waals surface area (Å²) in [5.41, 5.74) is 3.63. The van der Waals surface area contributed by atoms with Gasteiger partial charge < -0.3 is 4.90 Å². The van der Waals surface area contributed by atoms with Crippen LogP contribution in [0.4, 0.5) is 5.69 Å². The minimum atomic E-state index is 0.276. The third kappa shape index (κ3) is 1.24. The van der Waals surface area contributed by atoms with Crippen molar-refractivity contribution in [3.63, 3.8) is 0 Å². The van der Waals surface area contributed by atoms with E-state index in [-0.39, 0.29) is 5.54 Å². The predicted molar refractivity (Wildman–Crippen MR) is 86.6 cm³/mol. The van der Waals surface area contributed by atoms with Gasteiger partial charge in [0.25, 0.3) is 0 Å². The number of anilines is 1. The second kappa shape index (κ2) is 3.78. The van der Waals surface area contributed by atoms with Gasteiger partial charge in [0, 0.05) is 29.1 Å². The molecule has 2 atom stereocenters. The predicted octanol–water partition coefficient (Wildman–Crippen LogP) is 4.88. The topological polar surface area (TPSA) is 3.24 Å². The summed E-state index contributed by atoms with van der Waals surface area (Å²) >= 11 is 0. The van der Waals surface area contributed by atoms with Crippen LogP contribution in [0.15, 0.2) is 36.4 Å². The number of hydrogen-bond donors (Lipinski definition) is 0. The van der Waals surface area contributed by atoms with Gasteiger partial charge in [-0.1, -0.05) is 56.2 Å². The molecule has 1 fully saturated rings. The van der Waals surface area contributed by atoms with Crippen molar-refractivity contribution >= 4 is 16.5 Å². The van der Waals surface area contributed by atoms with Gasteiger partial charge in [-0.25, -0.2) is 0 Å². The van der Waals surface area contributed by atoms with Gasteiger partial charge in [0.15, 0.2) is 0 Å². The molecule has 1 nitrogen and oxygen atoms in total. The van der Waals surface area contributed by atoms with Crippen molar-refractivity contribution in [2.24, 2.45) is 0 Å². The summed E-state index contributed by atoms with van der Waals surface area (Å²) in [4.78, 5) is 2.59. The molecule has 2 aliphatic rings. The van der Waals surface area contributed by atoms with Crippen LogP contribution in [0.1, 0.15) is 45.1 Å². The molecule has 0 saturated heterocycles. The molecule has 1 aliphatic carbocycles. The maximum atomic E-state index is 2.59. The van der Waals surface area contributed by atoms with Crippen molar-refractivity contribution in [3.8, 4) is 0 Å². The number of likely N-dealkylation sites (N-methyl/N-ethyl adjacent to an activating group) is 1. The molecule has 1 saturated carbocycles. The summed E-state index contributed by atoms with van der Waals surface area (Å²) < 4.78 is 0. The van der Waals surface area contributed by atoms with Gasteiger partial charge >= 0.3 is 0 Å². The van der Waals surface area contributed by atoms with Crippen LogP contribution in [0.25, 0.3) is 10.8 Å². The van der Waals surface area contributed by atoms with Crippen LogP contribution < -0.4 is 4.90 Å². The zero-order valence-electron chi connectivity index (χ0n) is 12.7. The third-order valence-corrected chi connectivity index (χ3v) is 6.35. The third-order valence-electron chi connectivity index (χ3n) is 6.35. The Kier molecular flexibility index (Phi) is 2.32. The number of rotatable bonds is 0. The van der Waals surface area contributed by atoms with Crippen LogP contribution >= 0.6 is 0 Å². The minimum Gasteiger partial charge on any atom is -0.368 e. The van der Waals surface area contributed by atoms with E-state index in [0.29, 0.717) is 5.41 Å². The Hall–Kier alpha value is -1.50. The van der Waals surface area contributed by atoms with Gasteiger partial charge in [-0.2, -0.15) is 0 Å². The van der Waals surface area contributed by atoms with Crippen molar-refractivity contribution in [1.82, 2.24) is 0 Å². The Balaban J connectivity index is 2.07. The standard InChI is InChI=1S/C19H23N/c1-18-12-6-7-13-19(18,2)20(3)17-15-9-5-4-8-14(15)10-11-16(17)18/h4-5,8-11H,6-7,12-13H2,1-3H3. The molecule has 0 aromatic heterocycles. The van der Waals surface area contributed by atoms with Gasteiger partial charge in [-0.05, 0) is 30.7 Å². The first-order valence-electron chi connectivity index (χ1n) is 7.84. The van der Waals surface area contributed by atoms with Crippen molar-refractivity contribution in [3.05, 3.63) is 42.0 Å². The van der Waals surface area contributed by atoms with Crippen molar-refractivity contribution < 1.29 is 0 Å². The Morgan fingerprint density at radius 2 is 1.70 bits per heavy atom. The monoisotopic (exact) mass is 265 g/mol. The molecule has 1 aliphatic heterocycles. The molecule has 0 radical (unpaired) electrons. The molecule has 2 aromatic rings. The minimum absolute atomic E-state index is 0.276. The maximum absolute atomic E-state index is 2.59. The lowest BCUT2D eigenvalue weighted by Crippen LogP contribution is -2.55. The normalized spacial score (nSPS) is 32.2. The van der Waals surface area contributed by atoms with Crippen LogP contribution in [-0.4, -0.2) is 12.6 Å². The quantitative estimate of drug-likeness (QED) is 0.656. The van der Waals surface area contributed by atoms with Crippen LogP contribution in [0, 0.1) is 0 Å². The molecule has 4 rings (SSSR count). The first kappa shape index (κ1) is 12.3. The number of nitrogens with zero attached hydrogens (tertiary/aromatic N) is 1. The van der Waals surface area contributed by atoms with E-state index >= 15 is 0 Å². The molecule has 0 bridgehead atoms. The highest BCUT2D eigenvalue weighted by Gasteiger charge is 2.56. The van der Waals surface area contributed by atoms with E-state index in [4.69, 9.17) is 0 Å². The van der Waals surface area contributed by atoms with E-state index in [0.717, 1.165) is 0 Å². The lowest BCUT2D eigenvalue weighted by atomic mass is 9.61. The smallest absolute Gasteiger partial charge is 0.0487 e. The molecule has 0 N–H and O–H groups in total. The van der Waals surface area contributed by atoms with Crippen LogP contribution in [0.5, 0.6) is 0 Å². The van der Waals surface area contributed by atoms with E-state index in [1.807, 2.05) is 0 Å². The largest absolute Gasteiger partial charge is 0.368 e. The van der Waals surface area contributed by atoms with Gasteiger partial charge in [0.05, 0.1) is 0 Å². The molecule has 2 unspecified atom stereocenters. The summed E-state index contributed by atoms with van der Waals surface area (Å²) in [7, 11) is 2.31. The van der Waals surface area contributed by atoms with Crippen LogP contribution in [0.3, 0.4) is 0 Å². The summed E-state index contributed by atoms with van der Waals surface area (Å²) in [5, 5.41) is 2.79. The molecule has 1 heteroatoms. The molecular weight excluding hydrogens is 242 g/mol. The molecule has 2 aromatic carbocycles. The van der Waals surface area contributed by atoms with Crippen molar-refractivity contribution in [2.45, 2.75) is 50.5 Å². The van der Waals surface area contributed by atoms with Crippen LogP contribution in [0.2, 0.25) is 0 Å². The van der Waals surface area contributed by atoms with Gasteiger partial charge in [-0.15, -0.1) is 0 Å². The zero-order chi connectivity index (χ0) is 14.0. The highest BCUT2D eigenvalue weighted by atomic mass is 15.2. The fourth-order valence-corrected chi connectivity index (χ4v) is 4.76. The fraction of sp³-hybridized carbons (Fsp3) is 0.474. The molecular formula is C19H23N. The number of fused-ring (bicyclic) bond motifs is 5. The fourth-order valence-electron chi connectivity index (χ4n) is 4.76. The van der Waals surface area contributed by atoms with E-state index in [1.165, 1.54) is 42.1 Å².